The summed E-state index contributed by atoms with van der Waals surface area (Å²) in [6.07, 6.45) is -3.84. The van der Waals surface area contributed by atoms with Gasteiger partial charge in [0.15, 0.2) is 0 Å². The van der Waals surface area contributed by atoms with Crippen LogP contribution in [-0.4, -0.2) is 55.0 Å². The molecule has 2 aliphatic rings. The van der Waals surface area contributed by atoms with E-state index in [1.165, 1.54) is 28.3 Å². The molecule has 3 aromatic rings. The van der Waals surface area contributed by atoms with Crippen LogP contribution in [0.25, 0.3) is 0 Å². The molecule has 1 amide bonds. The predicted octanol–water partition coefficient (Wildman–Crippen LogP) is 6.93. The normalized spacial score (nSPS) is 20.4. The fourth-order valence-corrected chi connectivity index (χ4v) is 7.02. The van der Waals surface area contributed by atoms with Crippen molar-refractivity contribution in [3.63, 3.8) is 0 Å². The molecule has 2 saturated heterocycles. The molecule has 0 aliphatic carbocycles. The molecule has 3 atom stereocenters. The van der Waals surface area contributed by atoms with Gasteiger partial charge in [-0.3, -0.25) is 9.69 Å². The van der Waals surface area contributed by atoms with Gasteiger partial charge in [-0.25, -0.2) is 0 Å². The van der Waals surface area contributed by atoms with Crippen LogP contribution in [0.3, 0.4) is 0 Å². The van der Waals surface area contributed by atoms with Crippen molar-refractivity contribution in [3.05, 3.63) is 100 Å². The van der Waals surface area contributed by atoms with Gasteiger partial charge in [-0.1, -0.05) is 67.9 Å². The highest BCUT2D eigenvalue weighted by Gasteiger charge is 2.41. The van der Waals surface area contributed by atoms with Crippen LogP contribution in [-0.2, 0) is 17.5 Å². The van der Waals surface area contributed by atoms with E-state index in [2.05, 4.69) is 54.0 Å². The third-order valence-electron chi connectivity index (χ3n) is 9.20. The number of alkyl halides is 3. The van der Waals surface area contributed by atoms with Gasteiger partial charge < -0.3 is 15.5 Å². The topological polar surface area (TPSA) is 52.8 Å². The summed E-state index contributed by atoms with van der Waals surface area (Å²) in [6, 6.07) is 20.3. The van der Waals surface area contributed by atoms with Crippen LogP contribution in [0.4, 0.5) is 18.9 Å². The van der Waals surface area contributed by atoms with Crippen molar-refractivity contribution in [2.45, 2.75) is 58.8 Å². The minimum Gasteiger partial charge on any atom is -0.368 e. The molecule has 2 fully saturated rings. The first-order valence-electron chi connectivity index (χ1n) is 15.7. The summed E-state index contributed by atoms with van der Waals surface area (Å²) < 4.78 is 40.8. The first-order chi connectivity index (χ1) is 20.9. The molecule has 5 nitrogen and oxygen atoms in total. The number of carbonyl (C=O) groups is 1. The number of halogens is 3. The molecule has 2 heterocycles. The Kier molecular flexibility index (Phi) is 9.71. The van der Waals surface area contributed by atoms with Gasteiger partial charge in [-0.2, -0.15) is 13.2 Å². The number of hydrogen-bond acceptors (Lipinski definition) is 4. The lowest BCUT2D eigenvalue weighted by atomic mass is 9.85. The highest BCUT2D eigenvalue weighted by molar-refractivity contribution is 5.81. The molecule has 2 unspecified atom stereocenters. The molecule has 2 aliphatic heterocycles. The number of hydrogen-bond donors (Lipinski definition) is 1. The molecule has 44 heavy (non-hydrogen) atoms. The summed E-state index contributed by atoms with van der Waals surface area (Å²) in [5.74, 6) is 0.349. The van der Waals surface area contributed by atoms with Crippen LogP contribution in [0.2, 0.25) is 0 Å². The van der Waals surface area contributed by atoms with E-state index in [4.69, 9.17) is 5.73 Å². The molecule has 0 saturated carbocycles. The number of nitrogens with zero attached hydrogens (tertiary/aromatic N) is 3. The molecule has 0 radical (unpaired) electrons. The van der Waals surface area contributed by atoms with E-state index in [1.54, 1.807) is 6.07 Å². The van der Waals surface area contributed by atoms with Crippen molar-refractivity contribution < 1.29 is 18.0 Å². The van der Waals surface area contributed by atoms with E-state index in [0.717, 1.165) is 24.8 Å². The quantitative estimate of drug-likeness (QED) is 0.302. The van der Waals surface area contributed by atoms with Crippen LogP contribution in [0.15, 0.2) is 66.7 Å². The van der Waals surface area contributed by atoms with Gasteiger partial charge in [0.1, 0.15) is 0 Å². The van der Waals surface area contributed by atoms with Crippen LogP contribution in [0.1, 0.15) is 65.6 Å². The van der Waals surface area contributed by atoms with Gasteiger partial charge >= 0.3 is 6.18 Å². The standard InChI is InChI=1S/C36H45F3N4O/c1-24(2)18-33(40)30-20-28(36(37,38)39)11-13-34(30)42-14-16-43(17-15-42)35(44)32-23-41(21-27-8-6-5-7-9-27)22-31(32)29-12-10-25(3)19-26(29)4/h5-13,19-20,24,31-33H,14-18,21-23,40H2,1-4H3/t31?,32-,33?/m0/s1. The number of carbonyl (C=O) groups excluding carboxylic acids is 1. The largest absolute Gasteiger partial charge is 0.416 e. The third kappa shape index (κ3) is 7.29. The van der Waals surface area contributed by atoms with Gasteiger partial charge in [0, 0.05) is 63.5 Å². The van der Waals surface area contributed by atoms with E-state index in [-0.39, 0.29) is 23.7 Å². The summed E-state index contributed by atoms with van der Waals surface area (Å²) in [7, 11) is 0. The van der Waals surface area contributed by atoms with Crippen molar-refractivity contribution >= 4 is 11.6 Å². The number of rotatable bonds is 8. The maximum absolute atomic E-state index is 14.2. The number of likely N-dealkylation sites (tertiary alicyclic amines) is 1. The Balaban J connectivity index is 1.34. The number of nitrogens with two attached hydrogens (primary N) is 1. The van der Waals surface area contributed by atoms with Crippen molar-refractivity contribution in [1.82, 2.24) is 9.80 Å². The van der Waals surface area contributed by atoms with E-state index < -0.39 is 17.8 Å². The van der Waals surface area contributed by atoms with Crippen molar-refractivity contribution in [3.8, 4) is 0 Å². The van der Waals surface area contributed by atoms with Crippen molar-refractivity contribution in [2.75, 3.05) is 44.2 Å². The molecule has 5 rings (SSSR count). The average molecular weight is 607 g/mol. The molecule has 3 aromatic carbocycles. The SMILES string of the molecule is Cc1ccc(C2CN(Cc3ccccc3)C[C@@H]2C(=O)N2CCN(c3ccc(C(F)(F)F)cc3C(N)CC(C)C)CC2)c(C)c1. The van der Waals surface area contributed by atoms with E-state index in [9.17, 15) is 18.0 Å². The third-order valence-corrected chi connectivity index (χ3v) is 9.20. The van der Waals surface area contributed by atoms with Crippen LogP contribution in [0, 0.1) is 25.7 Å². The Morgan fingerprint density at radius 1 is 0.932 bits per heavy atom. The van der Waals surface area contributed by atoms with E-state index in [0.29, 0.717) is 44.7 Å². The molecule has 0 aromatic heterocycles. The highest BCUT2D eigenvalue weighted by Crippen LogP contribution is 2.39. The molecular formula is C36H45F3N4O. The second-order valence-electron chi connectivity index (χ2n) is 13.1. The van der Waals surface area contributed by atoms with Gasteiger partial charge in [0.2, 0.25) is 5.91 Å². The van der Waals surface area contributed by atoms with Crippen LogP contribution in [0.5, 0.6) is 0 Å². The number of aryl methyl sites for hydroxylation is 2. The minimum atomic E-state index is -4.43. The fourth-order valence-electron chi connectivity index (χ4n) is 7.02. The summed E-state index contributed by atoms with van der Waals surface area (Å²) in [6.45, 7) is 12.7. The smallest absolute Gasteiger partial charge is 0.368 e. The zero-order valence-electron chi connectivity index (χ0n) is 26.3. The second-order valence-corrected chi connectivity index (χ2v) is 13.1. The first-order valence-corrected chi connectivity index (χ1v) is 15.7. The number of piperazine rings is 1. The number of amides is 1. The minimum absolute atomic E-state index is 0.0976. The van der Waals surface area contributed by atoms with E-state index >= 15 is 0 Å². The van der Waals surface area contributed by atoms with Gasteiger partial charge in [-0.05, 0) is 66.6 Å². The summed E-state index contributed by atoms with van der Waals surface area (Å²) >= 11 is 0. The zero-order chi connectivity index (χ0) is 31.6. The molecule has 2 N–H and O–H groups in total. The lowest BCUT2D eigenvalue weighted by molar-refractivity contribution is -0.138. The Morgan fingerprint density at radius 3 is 2.27 bits per heavy atom. The molecule has 236 valence electrons. The van der Waals surface area contributed by atoms with Crippen LogP contribution >= 0.6 is 0 Å². The molecule has 0 spiro atoms. The average Bonchev–Trinajstić information content (AvgIpc) is 3.39. The number of benzene rings is 3. The Hall–Kier alpha value is -3.36. The van der Waals surface area contributed by atoms with Crippen molar-refractivity contribution in [2.24, 2.45) is 17.6 Å². The summed E-state index contributed by atoms with van der Waals surface area (Å²) in [4.78, 5) is 20.6. The van der Waals surface area contributed by atoms with Crippen molar-refractivity contribution in [1.29, 1.82) is 0 Å². The molecular weight excluding hydrogens is 561 g/mol. The lowest BCUT2D eigenvalue weighted by Crippen LogP contribution is -2.51. The van der Waals surface area contributed by atoms with Gasteiger partial charge in [0.25, 0.3) is 0 Å². The lowest BCUT2D eigenvalue weighted by Gasteiger charge is -2.39. The summed E-state index contributed by atoms with van der Waals surface area (Å²) in [5, 5.41) is 0. The predicted molar refractivity (Wildman–Crippen MR) is 170 cm³/mol. The van der Waals surface area contributed by atoms with E-state index in [1.807, 2.05) is 36.9 Å². The maximum atomic E-state index is 14.2. The second kappa shape index (κ2) is 13.3. The summed E-state index contributed by atoms with van der Waals surface area (Å²) in [5.41, 5.74) is 11.9. The van der Waals surface area contributed by atoms with Gasteiger partial charge in [-0.15, -0.1) is 0 Å². The van der Waals surface area contributed by atoms with Crippen LogP contribution < -0.4 is 10.6 Å². The fraction of sp³-hybridized carbons (Fsp3) is 0.472. The highest BCUT2D eigenvalue weighted by atomic mass is 19.4. The Labute approximate surface area is 259 Å². The maximum Gasteiger partial charge on any atom is 0.416 e. The Morgan fingerprint density at radius 2 is 1.64 bits per heavy atom. The van der Waals surface area contributed by atoms with Gasteiger partial charge in [0.05, 0.1) is 11.5 Å². The first kappa shape index (κ1) is 32.0. The molecule has 0 bridgehead atoms. The zero-order valence-corrected chi connectivity index (χ0v) is 26.3. The number of anilines is 1. The Bertz CT molecular complexity index is 1430. The monoisotopic (exact) mass is 606 g/mol. The molecule has 8 heteroatoms.